The molecule has 0 radical (unpaired) electrons. The Morgan fingerprint density at radius 3 is 2.43 bits per heavy atom. The van der Waals surface area contributed by atoms with E-state index in [0.717, 1.165) is 0 Å². The first-order valence-electron chi connectivity index (χ1n) is 6.15. The summed E-state index contributed by atoms with van der Waals surface area (Å²) in [6.07, 6.45) is 0. The van der Waals surface area contributed by atoms with Crippen molar-refractivity contribution in [1.29, 1.82) is 0 Å². The second-order valence-corrected chi connectivity index (χ2v) is 4.48. The molecule has 0 saturated carbocycles. The van der Waals surface area contributed by atoms with Crippen LogP contribution >= 0.6 is 0 Å². The lowest BCUT2D eigenvalue weighted by Crippen LogP contribution is -2.24. The number of hydrogen-bond donors (Lipinski definition) is 2. The second-order valence-electron chi connectivity index (χ2n) is 4.48. The second kappa shape index (κ2) is 5.78. The van der Waals surface area contributed by atoms with Crippen LogP contribution in [0.3, 0.4) is 0 Å². The Morgan fingerprint density at radius 1 is 1.14 bits per heavy atom. The molecule has 21 heavy (non-hydrogen) atoms. The molecule has 0 spiro atoms. The first kappa shape index (κ1) is 14.8. The molecule has 0 aromatic heterocycles. The Bertz CT molecular complexity index is 645. The van der Waals surface area contributed by atoms with Crippen molar-refractivity contribution in [2.45, 2.75) is 5.92 Å². The minimum absolute atomic E-state index is 0.00746. The molecule has 2 rings (SSSR count). The van der Waals surface area contributed by atoms with E-state index in [0.29, 0.717) is 0 Å². The van der Waals surface area contributed by atoms with Crippen LogP contribution in [-0.2, 0) is 5.92 Å². The largest absolute Gasteiger partial charge is 0.486 e. The van der Waals surface area contributed by atoms with Gasteiger partial charge in [-0.05, 0) is 12.1 Å². The lowest BCUT2D eigenvalue weighted by molar-refractivity contribution is -0.0468. The highest BCUT2D eigenvalue weighted by Gasteiger charge is 2.32. The molecule has 0 unspecified atom stereocenters. The summed E-state index contributed by atoms with van der Waals surface area (Å²) in [5.41, 5.74) is 10.9. The van der Waals surface area contributed by atoms with Gasteiger partial charge in [-0.2, -0.15) is 8.78 Å². The van der Waals surface area contributed by atoms with Gasteiger partial charge in [-0.1, -0.05) is 30.3 Å². The number of rotatable bonds is 5. The molecular formula is C15H14F2N2O2. The van der Waals surface area contributed by atoms with E-state index < -0.39 is 18.4 Å². The Balaban J connectivity index is 2.20. The van der Waals surface area contributed by atoms with Crippen LogP contribution in [-0.4, -0.2) is 12.5 Å². The molecule has 110 valence electrons. The number of halogens is 2. The predicted molar refractivity (Wildman–Crippen MR) is 75.2 cm³/mol. The number of carbonyl (C=O) groups excluding carboxylic acids is 1. The zero-order valence-electron chi connectivity index (χ0n) is 11.1. The van der Waals surface area contributed by atoms with Gasteiger partial charge >= 0.3 is 5.92 Å². The van der Waals surface area contributed by atoms with Crippen LogP contribution < -0.4 is 16.2 Å². The SMILES string of the molecule is NC(=O)c1ccc(N)cc1OCC(F)(F)c1ccccc1. The van der Waals surface area contributed by atoms with E-state index in [-0.39, 0.29) is 22.6 Å². The minimum Gasteiger partial charge on any atom is -0.486 e. The van der Waals surface area contributed by atoms with Gasteiger partial charge in [-0.15, -0.1) is 0 Å². The zero-order valence-corrected chi connectivity index (χ0v) is 11.1. The summed E-state index contributed by atoms with van der Waals surface area (Å²) in [6.45, 7) is -0.916. The molecule has 4 nitrogen and oxygen atoms in total. The van der Waals surface area contributed by atoms with Crippen molar-refractivity contribution in [3.8, 4) is 5.75 Å². The number of benzene rings is 2. The molecule has 0 fully saturated rings. The van der Waals surface area contributed by atoms with Gasteiger partial charge in [0, 0.05) is 17.3 Å². The molecule has 0 heterocycles. The summed E-state index contributed by atoms with van der Waals surface area (Å²) < 4.78 is 33.1. The first-order chi connectivity index (χ1) is 9.90. The lowest BCUT2D eigenvalue weighted by Gasteiger charge is -2.18. The van der Waals surface area contributed by atoms with Crippen LogP contribution in [0.25, 0.3) is 0 Å². The standard InChI is InChI=1S/C15H14F2N2O2/c16-15(17,10-4-2-1-3-5-10)9-21-13-8-11(18)6-7-12(13)14(19)20/h1-8H,9,18H2,(H2,19,20). The van der Waals surface area contributed by atoms with Crippen molar-refractivity contribution in [3.05, 3.63) is 59.7 Å². The highest BCUT2D eigenvalue weighted by Crippen LogP contribution is 2.30. The molecule has 0 aliphatic heterocycles. The van der Waals surface area contributed by atoms with Crippen molar-refractivity contribution in [3.63, 3.8) is 0 Å². The van der Waals surface area contributed by atoms with E-state index in [4.69, 9.17) is 16.2 Å². The number of nitrogen functional groups attached to an aromatic ring is 1. The summed E-state index contributed by atoms with van der Waals surface area (Å²) in [6, 6.07) is 11.4. The van der Waals surface area contributed by atoms with Gasteiger partial charge in [0.05, 0.1) is 5.56 Å². The minimum atomic E-state index is -3.19. The summed E-state index contributed by atoms with van der Waals surface area (Å²) in [5, 5.41) is 0. The van der Waals surface area contributed by atoms with Crippen molar-refractivity contribution < 1.29 is 18.3 Å². The molecule has 0 saturated heterocycles. The van der Waals surface area contributed by atoms with Gasteiger partial charge in [-0.25, -0.2) is 0 Å². The smallest absolute Gasteiger partial charge is 0.306 e. The van der Waals surface area contributed by atoms with Crippen LogP contribution in [0, 0.1) is 0 Å². The maximum atomic E-state index is 14.0. The van der Waals surface area contributed by atoms with Crippen LogP contribution in [0.5, 0.6) is 5.75 Å². The molecule has 0 atom stereocenters. The predicted octanol–water partition coefficient (Wildman–Crippen LogP) is 2.54. The fourth-order valence-corrected chi connectivity index (χ4v) is 1.80. The Kier molecular flexibility index (Phi) is 4.07. The van der Waals surface area contributed by atoms with E-state index in [1.165, 1.54) is 42.5 Å². The number of primary amides is 1. The van der Waals surface area contributed by atoms with Crippen LogP contribution in [0.1, 0.15) is 15.9 Å². The van der Waals surface area contributed by atoms with E-state index >= 15 is 0 Å². The lowest BCUT2D eigenvalue weighted by atomic mass is 10.1. The third-order valence-electron chi connectivity index (χ3n) is 2.88. The molecule has 2 aromatic rings. The van der Waals surface area contributed by atoms with E-state index in [2.05, 4.69) is 0 Å². The average molecular weight is 292 g/mol. The van der Waals surface area contributed by atoms with E-state index in [9.17, 15) is 13.6 Å². The first-order valence-corrected chi connectivity index (χ1v) is 6.15. The molecule has 0 aliphatic carbocycles. The normalized spacial score (nSPS) is 11.1. The van der Waals surface area contributed by atoms with Crippen LogP contribution in [0.4, 0.5) is 14.5 Å². The summed E-state index contributed by atoms with van der Waals surface area (Å²) in [5.74, 6) is -4.02. The highest BCUT2D eigenvalue weighted by molar-refractivity contribution is 5.96. The van der Waals surface area contributed by atoms with E-state index in [1.807, 2.05) is 0 Å². The van der Waals surface area contributed by atoms with Gasteiger partial charge in [-0.3, -0.25) is 4.79 Å². The van der Waals surface area contributed by atoms with Gasteiger partial charge in [0.2, 0.25) is 0 Å². The number of alkyl halides is 2. The summed E-state index contributed by atoms with van der Waals surface area (Å²) in [4.78, 5) is 11.2. The van der Waals surface area contributed by atoms with Gasteiger partial charge in [0.15, 0.2) is 6.61 Å². The van der Waals surface area contributed by atoms with Crippen LogP contribution in [0.2, 0.25) is 0 Å². The maximum Gasteiger partial charge on any atom is 0.306 e. The number of nitrogens with two attached hydrogens (primary N) is 2. The highest BCUT2D eigenvalue weighted by atomic mass is 19.3. The Labute approximate surface area is 120 Å². The van der Waals surface area contributed by atoms with Crippen molar-refractivity contribution >= 4 is 11.6 Å². The van der Waals surface area contributed by atoms with Gasteiger partial charge in [0.25, 0.3) is 5.91 Å². The number of ether oxygens (including phenoxy) is 1. The topological polar surface area (TPSA) is 78.3 Å². The molecular weight excluding hydrogens is 278 g/mol. The quantitative estimate of drug-likeness (QED) is 0.831. The maximum absolute atomic E-state index is 14.0. The fraction of sp³-hybridized carbons (Fsp3) is 0.133. The summed E-state index contributed by atoms with van der Waals surface area (Å²) >= 11 is 0. The molecule has 4 N–H and O–H groups in total. The summed E-state index contributed by atoms with van der Waals surface area (Å²) in [7, 11) is 0. The number of hydrogen-bond acceptors (Lipinski definition) is 3. The van der Waals surface area contributed by atoms with Gasteiger partial charge in [0.1, 0.15) is 5.75 Å². The Hall–Kier alpha value is -2.63. The zero-order chi connectivity index (χ0) is 15.5. The molecule has 0 bridgehead atoms. The third-order valence-corrected chi connectivity index (χ3v) is 2.88. The molecule has 6 heteroatoms. The average Bonchev–Trinajstić information content (AvgIpc) is 2.46. The van der Waals surface area contributed by atoms with Crippen molar-refractivity contribution in [1.82, 2.24) is 0 Å². The number of anilines is 1. The van der Waals surface area contributed by atoms with Crippen molar-refractivity contribution in [2.75, 3.05) is 12.3 Å². The molecule has 2 aromatic carbocycles. The van der Waals surface area contributed by atoms with Crippen LogP contribution in [0.15, 0.2) is 48.5 Å². The van der Waals surface area contributed by atoms with Gasteiger partial charge < -0.3 is 16.2 Å². The Morgan fingerprint density at radius 2 is 1.81 bits per heavy atom. The fourth-order valence-electron chi connectivity index (χ4n) is 1.80. The van der Waals surface area contributed by atoms with E-state index in [1.54, 1.807) is 6.07 Å². The monoisotopic (exact) mass is 292 g/mol. The molecule has 0 aliphatic rings. The number of amides is 1. The number of carbonyl (C=O) groups is 1. The van der Waals surface area contributed by atoms with Crippen molar-refractivity contribution in [2.24, 2.45) is 5.73 Å². The molecule has 1 amide bonds. The third kappa shape index (κ3) is 3.47.